The minimum absolute atomic E-state index is 0.133. The molecule has 0 aliphatic carbocycles. The molecule has 32 heavy (non-hydrogen) atoms. The zero-order chi connectivity index (χ0) is 22.6. The summed E-state index contributed by atoms with van der Waals surface area (Å²) in [5, 5.41) is 0. The minimum Gasteiger partial charge on any atom is -0.497 e. The van der Waals surface area contributed by atoms with E-state index in [2.05, 4.69) is 4.90 Å². The van der Waals surface area contributed by atoms with E-state index in [0.717, 1.165) is 31.6 Å². The summed E-state index contributed by atoms with van der Waals surface area (Å²) in [4.78, 5) is 17.5. The molecule has 0 bridgehead atoms. The quantitative estimate of drug-likeness (QED) is 0.639. The van der Waals surface area contributed by atoms with Gasteiger partial charge < -0.3 is 14.5 Å². The summed E-state index contributed by atoms with van der Waals surface area (Å²) in [7, 11) is -2.23. The Kier molecular flexibility index (Phi) is 7.13. The van der Waals surface area contributed by atoms with Crippen molar-refractivity contribution < 1.29 is 17.9 Å². The van der Waals surface area contributed by atoms with E-state index >= 15 is 0 Å². The SMILES string of the molecule is COc1ccc(CN2CC(=O)N(CCCN3CCCCC3)c3ccccc3S2(=O)=O)cc1. The molecule has 0 spiro atoms. The van der Waals surface area contributed by atoms with Gasteiger partial charge in [0.15, 0.2) is 0 Å². The van der Waals surface area contributed by atoms with Crippen molar-refractivity contribution in [3.05, 3.63) is 54.1 Å². The molecular weight excluding hydrogens is 426 g/mol. The summed E-state index contributed by atoms with van der Waals surface area (Å²) in [6.45, 7) is 3.61. The standard InChI is InChI=1S/C24H31N3O4S/c1-31-21-12-10-20(11-13-21)18-26-19-24(28)27(17-7-16-25-14-5-2-6-15-25)22-8-3-4-9-23(22)32(26,29)30/h3-4,8-13H,2,5-7,14-19H2,1H3. The molecule has 0 aromatic heterocycles. The van der Waals surface area contributed by atoms with E-state index in [9.17, 15) is 13.2 Å². The van der Waals surface area contributed by atoms with Crippen molar-refractivity contribution in [2.24, 2.45) is 0 Å². The summed E-state index contributed by atoms with van der Waals surface area (Å²) >= 11 is 0. The number of sulfonamides is 1. The molecule has 2 aliphatic heterocycles. The van der Waals surface area contributed by atoms with Crippen LogP contribution in [0, 0.1) is 0 Å². The van der Waals surface area contributed by atoms with Gasteiger partial charge in [-0.25, -0.2) is 8.42 Å². The van der Waals surface area contributed by atoms with Gasteiger partial charge in [0.1, 0.15) is 10.6 Å². The number of amides is 1. The molecule has 0 saturated carbocycles. The molecule has 1 amide bonds. The average Bonchev–Trinajstić information content (AvgIpc) is 2.89. The lowest BCUT2D eigenvalue weighted by Gasteiger charge is -2.28. The highest BCUT2D eigenvalue weighted by Gasteiger charge is 2.36. The highest BCUT2D eigenvalue weighted by atomic mass is 32.2. The molecule has 1 saturated heterocycles. The van der Waals surface area contributed by atoms with Crippen LogP contribution in [0.3, 0.4) is 0 Å². The molecule has 2 aliphatic rings. The summed E-state index contributed by atoms with van der Waals surface area (Å²) in [5.74, 6) is 0.513. The maximum absolute atomic E-state index is 13.5. The maximum Gasteiger partial charge on any atom is 0.245 e. The van der Waals surface area contributed by atoms with Crippen molar-refractivity contribution in [3.8, 4) is 5.75 Å². The zero-order valence-corrected chi connectivity index (χ0v) is 19.4. The van der Waals surface area contributed by atoms with Crippen LogP contribution in [0.4, 0.5) is 5.69 Å². The number of nitrogens with zero attached hydrogens (tertiary/aromatic N) is 3. The second-order valence-electron chi connectivity index (χ2n) is 8.39. The molecule has 1 fully saturated rings. The lowest BCUT2D eigenvalue weighted by Crippen LogP contribution is -2.40. The molecule has 7 nitrogen and oxygen atoms in total. The number of likely N-dealkylation sites (tertiary alicyclic amines) is 1. The molecule has 172 valence electrons. The number of methoxy groups -OCH3 is 1. The van der Waals surface area contributed by atoms with E-state index in [1.807, 2.05) is 12.1 Å². The predicted molar refractivity (Wildman–Crippen MR) is 124 cm³/mol. The molecule has 4 rings (SSSR count). The van der Waals surface area contributed by atoms with Crippen molar-refractivity contribution in [2.45, 2.75) is 37.1 Å². The number of anilines is 1. The summed E-state index contributed by atoms with van der Waals surface area (Å²) in [6, 6.07) is 14.1. The van der Waals surface area contributed by atoms with Gasteiger partial charge in [-0.15, -0.1) is 0 Å². The van der Waals surface area contributed by atoms with Gasteiger partial charge in [0.25, 0.3) is 0 Å². The monoisotopic (exact) mass is 457 g/mol. The van der Waals surface area contributed by atoms with Crippen molar-refractivity contribution in [1.29, 1.82) is 0 Å². The third-order valence-electron chi connectivity index (χ3n) is 6.21. The molecule has 2 heterocycles. The first kappa shape index (κ1) is 22.8. The number of ether oxygens (including phenoxy) is 1. The Bertz CT molecular complexity index is 1030. The first-order valence-electron chi connectivity index (χ1n) is 11.2. The maximum atomic E-state index is 13.5. The van der Waals surface area contributed by atoms with E-state index in [0.29, 0.717) is 18.0 Å². The number of rotatable bonds is 7. The van der Waals surface area contributed by atoms with Crippen molar-refractivity contribution in [1.82, 2.24) is 9.21 Å². The second kappa shape index (κ2) is 10.0. The highest BCUT2D eigenvalue weighted by molar-refractivity contribution is 7.89. The van der Waals surface area contributed by atoms with E-state index in [1.54, 1.807) is 48.4 Å². The number of carbonyl (C=O) groups excluding carboxylic acids is 1. The van der Waals surface area contributed by atoms with E-state index in [1.165, 1.54) is 23.6 Å². The van der Waals surface area contributed by atoms with E-state index in [4.69, 9.17) is 4.74 Å². The number of hydrogen-bond donors (Lipinski definition) is 0. The van der Waals surface area contributed by atoms with Crippen molar-refractivity contribution in [2.75, 3.05) is 44.7 Å². The largest absolute Gasteiger partial charge is 0.497 e. The molecule has 0 atom stereocenters. The van der Waals surface area contributed by atoms with E-state index in [-0.39, 0.29) is 23.9 Å². The fourth-order valence-electron chi connectivity index (χ4n) is 4.45. The van der Waals surface area contributed by atoms with Crippen LogP contribution in [0.25, 0.3) is 0 Å². The Labute approximate surface area is 190 Å². The normalized spacial score (nSPS) is 19.4. The van der Waals surface area contributed by atoms with Crippen LogP contribution < -0.4 is 9.64 Å². The van der Waals surface area contributed by atoms with Gasteiger partial charge in [0.2, 0.25) is 15.9 Å². The van der Waals surface area contributed by atoms with Gasteiger partial charge in [-0.2, -0.15) is 4.31 Å². The average molecular weight is 458 g/mol. The molecule has 0 N–H and O–H groups in total. The van der Waals surface area contributed by atoms with Crippen LogP contribution in [0.1, 0.15) is 31.2 Å². The Morgan fingerprint density at radius 1 is 0.938 bits per heavy atom. The lowest BCUT2D eigenvalue weighted by atomic mass is 10.1. The molecule has 2 aromatic carbocycles. The van der Waals surface area contributed by atoms with Crippen LogP contribution in [0.2, 0.25) is 0 Å². The van der Waals surface area contributed by atoms with Gasteiger partial charge in [-0.1, -0.05) is 30.7 Å². The predicted octanol–water partition coefficient (Wildman–Crippen LogP) is 3.11. The molecule has 0 radical (unpaired) electrons. The number of fused-ring (bicyclic) bond motifs is 1. The number of para-hydroxylation sites is 1. The van der Waals surface area contributed by atoms with Crippen molar-refractivity contribution >= 4 is 21.6 Å². The van der Waals surface area contributed by atoms with Gasteiger partial charge >= 0.3 is 0 Å². The first-order chi connectivity index (χ1) is 15.5. The fourth-order valence-corrected chi connectivity index (χ4v) is 6.02. The third kappa shape index (κ3) is 4.98. The Hall–Kier alpha value is -2.42. The smallest absolute Gasteiger partial charge is 0.245 e. The zero-order valence-electron chi connectivity index (χ0n) is 18.6. The van der Waals surface area contributed by atoms with Crippen LogP contribution in [-0.2, 0) is 21.4 Å². The first-order valence-corrected chi connectivity index (χ1v) is 12.7. The van der Waals surface area contributed by atoms with Gasteiger partial charge in [0, 0.05) is 13.1 Å². The summed E-state index contributed by atoms with van der Waals surface area (Å²) in [6.07, 6.45) is 4.56. The van der Waals surface area contributed by atoms with Gasteiger partial charge in [0.05, 0.1) is 19.3 Å². The summed E-state index contributed by atoms with van der Waals surface area (Å²) < 4.78 is 33.4. The number of hydrogen-bond acceptors (Lipinski definition) is 5. The third-order valence-corrected chi connectivity index (χ3v) is 8.05. The number of carbonyl (C=O) groups is 1. The lowest BCUT2D eigenvalue weighted by molar-refractivity contribution is -0.118. The van der Waals surface area contributed by atoms with Crippen LogP contribution in [-0.4, -0.2) is 63.4 Å². The highest BCUT2D eigenvalue weighted by Crippen LogP contribution is 2.32. The summed E-state index contributed by atoms with van der Waals surface area (Å²) in [5.41, 5.74) is 1.28. The molecule has 8 heteroatoms. The minimum atomic E-state index is -3.82. The Morgan fingerprint density at radius 3 is 2.38 bits per heavy atom. The van der Waals surface area contributed by atoms with Gasteiger partial charge in [-0.05, 0) is 68.7 Å². The Morgan fingerprint density at radius 2 is 1.66 bits per heavy atom. The second-order valence-corrected chi connectivity index (χ2v) is 10.3. The number of benzene rings is 2. The fraction of sp³-hybridized carbons (Fsp3) is 0.458. The van der Waals surface area contributed by atoms with E-state index < -0.39 is 10.0 Å². The van der Waals surface area contributed by atoms with Crippen LogP contribution in [0.5, 0.6) is 5.75 Å². The topological polar surface area (TPSA) is 70.2 Å². The molecular formula is C24H31N3O4S. The van der Waals surface area contributed by atoms with Crippen LogP contribution in [0.15, 0.2) is 53.4 Å². The number of piperidine rings is 1. The van der Waals surface area contributed by atoms with Crippen LogP contribution >= 0.6 is 0 Å². The van der Waals surface area contributed by atoms with Crippen molar-refractivity contribution in [3.63, 3.8) is 0 Å². The Balaban J connectivity index is 1.55. The molecule has 2 aromatic rings. The van der Waals surface area contributed by atoms with Gasteiger partial charge in [-0.3, -0.25) is 4.79 Å². The molecule has 0 unspecified atom stereocenters.